The van der Waals surface area contributed by atoms with Gasteiger partial charge in [0, 0.05) is 12.1 Å². The summed E-state index contributed by atoms with van der Waals surface area (Å²) >= 11 is 0. The maximum atomic E-state index is 3.60. The van der Waals surface area contributed by atoms with Gasteiger partial charge in [-0.15, -0.1) is 0 Å². The number of nitrogens with one attached hydrogen (secondary N) is 1. The van der Waals surface area contributed by atoms with Crippen molar-refractivity contribution >= 4 is 0 Å². The molecule has 0 amide bonds. The normalized spacial score (nSPS) is 25.1. The summed E-state index contributed by atoms with van der Waals surface area (Å²) < 4.78 is 0. The van der Waals surface area contributed by atoms with E-state index in [4.69, 9.17) is 0 Å². The predicted molar refractivity (Wildman–Crippen MR) is 85.7 cm³/mol. The third kappa shape index (κ3) is 7.31. The Labute approximate surface area is 121 Å². The standard InChI is InChI=1S/C17H36N2/c1-5-18-17-11-13-19(16(4)14-17)12-9-7-6-8-10-15(2)3/h15-18H,5-14H2,1-4H3. The fourth-order valence-corrected chi connectivity index (χ4v) is 3.25. The molecule has 1 heterocycles. The van der Waals surface area contributed by atoms with Crippen molar-refractivity contribution in [2.24, 2.45) is 5.92 Å². The molecule has 1 aliphatic rings. The van der Waals surface area contributed by atoms with Crippen molar-refractivity contribution in [3.05, 3.63) is 0 Å². The maximum absolute atomic E-state index is 3.60. The van der Waals surface area contributed by atoms with Gasteiger partial charge < -0.3 is 10.2 Å². The summed E-state index contributed by atoms with van der Waals surface area (Å²) in [6.07, 6.45) is 9.76. The second-order valence-electron chi connectivity index (χ2n) is 6.76. The lowest BCUT2D eigenvalue weighted by atomic mass is 9.97. The minimum absolute atomic E-state index is 0.766. The van der Waals surface area contributed by atoms with Gasteiger partial charge >= 0.3 is 0 Å². The van der Waals surface area contributed by atoms with Crippen LogP contribution in [0.3, 0.4) is 0 Å². The van der Waals surface area contributed by atoms with Gasteiger partial charge in [0.05, 0.1) is 0 Å². The van der Waals surface area contributed by atoms with Gasteiger partial charge in [0.25, 0.3) is 0 Å². The summed E-state index contributed by atoms with van der Waals surface area (Å²) in [5.41, 5.74) is 0. The molecule has 0 radical (unpaired) electrons. The smallest absolute Gasteiger partial charge is 0.00939 e. The monoisotopic (exact) mass is 268 g/mol. The molecule has 19 heavy (non-hydrogen) atoms. The molecule has 0 spiro atoms. The van der Waals surface area contributed by atoms with Gasteiger partial charge in [-0.1, -0.05) is 46.5 Å². The average molecular weight is 268 g/mol. The second-order valence-corrected chi connectivity index (χ2v) is 6.76. The van der Waals surface area contributed by atoms with Gasteiger partial charge in [-0.2, -0.15) is 0 Å². The van der Waals surface area contributed by atoms with Crippen LogP contribution in [0.25, 0.3) is 0 Å². The van der Waals surface area contributed by atoms with Crippen LogP contribution in [0.15, 0.2) is 0 Å². The lowest BCUT2D eigenvalue weighted by Gasteiger charge is -2.38. The first-order valence-electron chi connectivity index (χ1n) is 8.61. The van der Waals surface area contributed by atoms with E-state index < -0.39 is 0 Å². The zero-order valence-corrected chi connectivity index (χ0v) is 13.8. The molecule has 114 valence electrons. The maximum Gasteiger partial charge on any atom is 0.00939 e. The van der Waals surface area contributed by atoms with Crippen molar-refractivity contribution in [2.45, 2.75) is 84.7 Å². The van der Waals surface area contributed by atoms with Crippen LogP contribution in [0.4, 0.5) is 0 Å². The van der Waals surface area contributed by atoms with E-state index in [1.165, 1.54) is 58.0 Å². The molecule has 1 saturated heterocycles. The number of likely N-dealkylation sites (tertiary alicyclic amines) is 1. The van der Waals surface area contributed by atoms with Crippen LogP contribution >= 0.6 is 0 Å². The SMILES string of the molecule is CCNC1CCN(CCCCCCC(C)C)C(C)C1. The zero-order chi connectivity index (χ0) is 14.1. The van der Waals surface area contributed by atoms with Gasteiger partial charge in [-0.25, -0.2) is 0 Å². The lowest BCUT2D eigenvalue weighted by Crippen LogP contribution is -2.47. The van der Waals surface area contributed by atoms with Crippen molar-refractivity contribution in [3.8, 4) is 0 Å². The molecule has 0 saturated carbocycles. The van der Waals surface area contributed by atoms with Gasteiger partial charge in [0.2, 0.25) is 0 Å². The van der Waals surface area contributed by atoms with Gasteiger partial charge in [-0.05, 0) is 51.7 Å². The first-order chi connectivity index (χ1) is 9.13. The van der Waals surface area contributed by atoms with Crippen molar-refractivity contribution in [3.63, 3.8) is 0 Å². The first kappa shape index (κ1) is 17.0. The lowest BCUT2D eigenvalue weighted by molar-refractivity contribution is 0.134. The molecule has 2 atom stereocenters. The van der Waals surface area contributed by atoms with E-state index in [1.807, 2.05) is 0 Å². The number of piperidine rings is 1. The number of nitrogens with zero attached hydrogens (tertiary/aromatic N) is 1. The van der Waals surface area contributed by atoms with Crippen LogP contribution < -0.4 is 5.32 Å². The molecule has 2 nitrogen and oxygen atoms in total. The number of unbranched alkanes of at least 4 members (excludes halogenated alkanes) is 3. The van der Waals surface area contributed by atoms with Crippen LogP contribution in [0, 0.1) is 5.92 Å². The van der Waals surface area contributed by atoms with Crippen LogP contribution in [0.2, 0.25) is 0 Å². The Balaban J connectivity index is 2.04. The van der Waals surface area contributed by atoms with E-state index >= 15 is 0 Å². The summed E-state index contributed by atoms with van der Waals surface area (Å²) in [7, 11) is 0. The second kappa shape index (κ2) is 9.77. The van der Waals surface area contributed by atoms with Crippen LogP contribution in [0.5, 0.6) is 0 Å². The molecular weight excluding hydrogens is 232 g/mol. The highest BCUT2D eigenvalue weighted by Crippen LogP contribution is 2.18. The molecule has 1 aliphatic heterocycles. The van der Waals surface area contributed by atoms with Gasteiger partial charge in [0.15, 0.2) is 0 Å². The Morgan fingerprint density at radius 1 is 1.16 bits per heavy atom. The summed E-state index contributed by atoms with van der Waals surface area (Å²) in [5, 5.41) is 3.60. The van der Waals surface area contributed by atoms with Crippen molar-refractivity contribution in [1.29, 1.82) is 0 Å². The number of rotatable bonds is 9. The molecule has 0 bridgehead atoms. The third-order valence-corrected chi connectivity index (χ3v) is 4.48. The quantitative estimate of drug-likeness (QED) is 0.635. The van der Waals surface area contributed by atoms with E-state index in [0.29, 0.717) is 0 Å². The molecule has 1 N–H and O–H groups in total. The van der Waals surface area contributed by atoms with Gasteiger partial charge in [0.1, 0.15) is 0 Å². The topological polar surface area (TPSA) is 15.3 Å². The number of hydrogen-bond acceptors (Lipinski definition) is 2. The zero-order valence-electron chi connectivity index (χ0n) is 13.8. The summed E-state index contributed by atoms with van der Waals surface area (Å²) in [6, 6.07) is 1.54. The van der Waals surface area contributed by atoms with E-state index in [2.05, 4.69) is 37.9 Å². The minimum Gasteiger partial charge on any atom is -0.314 e. The summed E-state index contributed by atoms with van der Waals surface area (Å²) in [4.78, 5) is 2.70. The highest BCUT2D eigenvalue weighted by Gasteiger charge is 2.23. The Bertz CT molecular complexity index is 215. The molecule has 0 aromatic carbocycles. The van der Waals surface area contributed by atoms with E-state index in [1.54, 1.807) is 0 Å². The Hall–Kier alpha value is -0.0800. The average Bonchev–Trinajstić information content (AvgIpc) is 2.36. The van der Waals surface area contributed by atoms with E-state index in [9.17, 15) is 0 Å². The first-order valence-corrected chi connectivity index (χ1v) is 8.61. The third-order valence-electron chi connectivity index (χ3n) is 4.48. The highest BCUT2D eigenvalue weighted by atomic mass is 15.2. The number of hydrogen-bond donors (Lipinski definition) is 1. The van der Waals surface area contributed by atoms with Crippen molar-refractivity contribution < 1.29 is 0 Å². The van der Waals surface area contributed by atoms with E-state index in [0.717, 1.165) is 24.5 Å². The molecule has 1 rings (SSSR count). The Kier molecular flexibility index (Phi) is 8.72. The highest BCUT2D eigenvalue weighted by molar-refractivity contribution is 4.82. The molecule has 0 aliphatic carbocycles. The van der Waals surface area contributed by atoms with Crippen molar-refractivity contribution in [2.75, 3.05) is 19.6 Å². The largest absolute Gasteiger partial charge is 0.314 e. The predicted octanol–water partition coefficient (Wildman–Crippen LogP) is 4.06. The summed E-state index contributed by atoms with van der Waals surface area (Å²) in [5.74, 6) is 0.880. The fourth-order valence-electron chi connectivity index (χ4n) is 3.25. The van der Waals surface area contributed by atoms with Crippen LogP contribution in [-0.4, -0.2) is 36.6 Å². The van der Waals surface area contributed by atoms with Crippen LogP contribution in [0.1, 0.15) is 72.6 Å². The molecule has 2 unspecified atom stereocenters. The molecule has 1 fully saturated rings. The fraction of sp³-hybridized carbons (Fsp3) is 1.00. The Morgan fingerprint density at radius 3 is 2.53 bits per heavy atom. The molecule has 0 aromatic heterocycles. The summed E-state index contributed by atoms with van der Waals surface area (Å²) in [6.45, 7) is 13.0. The Morgan fingerprint density at radius 2 is 1.89 bits per heavy atom. The van der Waals surface area contributed by atoms with Gasteiger partial charge in [-0.3, -0.25) is 0 Å². The molecule has 0 aromatic rings. The molecular formula is C17H36N2. The van der Waals surface area contributed by atoms with Crippen LogP contribution in [-0.2, 0) is 0 Å². The molecule has 2 heteroatoms. The van der Waals surface area contributed by atoms with Crippen molar-refractivity contribution in [1.82, 2.24) is 10.2 Å². The van der Waals surface area contributed by atoms with E-state index in [-0.39, 0.29) is 0 Å². The minimum atomic E-state index is 0.766.